The van der Waals surface area contributed by atoms with E-state index in [-0.39, 0.29) is 0 Å². The minimum Gasteiger partial charge on any atom is -0.319 e. The molecule has 0 radical (unpaired) electrons. The first-order chi connectivity index (χ1) is 6.40. The Morgan fingerprint density at radius 1 is 1.54 bits per heavy atom. The number of likely N-dealkylation sites (N-methyl/N-ethyl adjacent to an activating group) is 1. The molecule has 13 heavy (non-hydrogen) atoms. The van der Waals surface area contributed by atoms with Crippen molar-refractivity contribution in [1.29, 1.82) is 0 Å². The van der Waals surface area contributed by atoms with Crippen molar-refractivity contribution >= 4 is 5.78 Å². The van der Waals surface area contributed by atoms with Crippen molar-refractivity contribution in [3.63, 3.8) is 0 Å². The maximum atomic E-state index is 4.30. The average Bonchev–Trinajstić information content (AvgIpc) is 2.57. The van der Waals surface area contributed by atoms with Crippen LogP contribution in [0.15, 0.2) is 18.6 Å². The van der Waals surface area contributed by atoms with Crippen molar-refractivity contribution in [2.24, 2.45) is 0 Å². The van der Waals surface area contributed by atoms with E-state index in [4.69, 9.17) is 0 Å². The van der Waals surface area contributed by atoms with E-state index in [1.165, 1.54) is 0 Å². The summed E-state index contributed by atoms with van der Waals surface area (Å²) >= 11 is 0. The highest BCUT2D eigenvalue weighted by Gasteiger charge is 2.00. The van der Waals surface area contributed by atoms with E-state index in [2.05, 4.69) is 20.5 Å². The summed E-state index contributed by atoms with van der Waals surface area (Å²) in [5.74, 6) is 0.661. The van der Waals surface area contributed by atoms with Crippen LogP contribution in [0.1, 0.15) is 5.69 Å². The van der Waals surface area contributed by atoms with Crippen molar-refractivity contribution in [2.45, 2.75) is 6.42 Å². The van der Waals surface area contributed by atoms with Crippen LogP contribution in [0.3, 0.4) is 0 Å². The third-order valence-electron chi connectivity index (χ3n) is 1.83. The summed E-state index contributed by atoms with van der Waals surface area (Å²) in [6, 6.07) is 0. The topological polar surface area (TPSA) is 55.1 Å². The lowest BCUT2D eigenvalue weighted by molar-refractivity contribution is 0.780. The molecule has 0 aliphatic carbocycles. The third kappa shape index (κ3) is 1.65. The lowest BCUT2D eigenvalue weighted by Gasteiger charge is -1.92. The predicted molar refractivity (Wildman–Crippen MR) is 48.4 cm³/mol. The Morgan fingerprint density at radius 3 is 3.23 bits per heavy atom. The fourth-order valence-electron chi connectivity index (χ4n) is 1.18. The molecule has 0 aliphatic heterocycles. The van der Waals surface area contributed by atoms with Gasteiger partial charge in [-0.2, -0.15) is 5.10 Å². The van der Waals surface area contributed by atoms with E-state index in [1.807, 2.05) is 23.8 Å². The molecule has 68 valence electrons. The van der Waals surface area contributed by atoms with Gasteiger partial charge in [0.2, 0.25) is 0 Å². The van der Waals surface area contributed by atoms with Crippen LogP contribution in [-0.4, -0.2) is 33.2 Å². The Hall–Kier alpha value is -1.49. The molecule has 2 aromatic heterocycles. The van der Waals surface area contributed by atoms with E-state index in [0.29, 0.717) is 5.78 Å². The Kier molecular flexibility index (Phi) is 2.18. The number of rotatable bonds is 3. The number of fused-ring (bicyclic) bond motifs is 1. The van der Waals surface area contributed by atoms with Crippen molar-refractivity contribution in [3.8, 4) is 0 Å². The van der Waals surface area contributed by atoms with Crippen LogP contribution in [0.25, 0.3) is 5.78 Å². The second kappa shape index (κ2) is 3.49. The van der Waals surface area contributed by atoms with Gasteiger partial charge in [0, 0.05) is 25.4 Å². The minimum absolute atomic E-state index is 0.661. The Balaban J connectivity index is 2.28. The highest BCUT2D eigenvalue weighted by molar-refractivity contribution is 5.27. The highest BCUT2D eigenvalue weighted by Crippen LogP contribution is 2.00. The summed E-state index contributed by atoms with van der Waals surface area (Å²) in [7, 11) is 1.93. The molecule has 0 bridgehead atoms. The van der Waals surface area contributed by atoms with Crippen molar-refractivity contribution < 1.29 is 0 Å². The standard InChI is InChI=1S/C8H11N5/c1-9-3-2-7-6-13-5-4-10-12-8(13)11-7/h4-6,9H,2-3H2,1H3. The Labute approximate surface area is 75.8 Å². The zero-order valence-electron chi connectivity index (χ0n) is 7.44. The quantitative estimate of drug-likeness (QED) is 0.710. The molecule has 0 unspecified atom stereocenters. The van der Waals surface area contributed by atoms with Gasteiger partial charge in [0.25, 0.3) is 5.78 Å². The van der Waals surface area contributed by atoms with Gasteiger partial charge >= 0.3 is 0 Å². The SMILES string of the molecule is CNCCc1cn2ccnnc2n1. The fraction of sp³-hybridized carbons (Fsp3) is 0.375. The van der Waals surface area contributed by atoms with Gasteiger partial charge in [-0.3, -0.25) is 4.40 Å². The van der Waals surface area contributed by atoms with Crippen LogP contribution < -0.4 is 5.32 Å². The first-order valence-electron chi connectivity index (χ1n) is 4.20. The zero-order chi connectivity index (χ0) is 9.10. The first-order valence-corrected chi connectivity index (χ1v) is 4.20. The molecule has 2 aromatic rings. The second-order valence-electron chi connectivity index (χ2n) is 2.81. The second-order valence-corrected chi connectivity index (χ2v) is 2.81. The molecule has 0 fully saturated rings. The molecule has 0 amide bonds. The van der Waals surface area contributed by atoms with Gasteiger partial charge < -0.3 is 5.32 Å². The van der Waals surface area contributed by atoms with Crippen LogP contribution in [0, 0.1) is 0 Å². The Bertz CT molecular complexity index is 361. The zero-order valence-corrected chi connectivity index (χ0v) is 7.44. The van der Waals surface area contributed by atoms with E-state index >= 15 is 0 Å². The van der Waals surface area contributed by atoms with Gasteiger partial charge in [-0.25, -0.2) is 4.98 Å². The Morgan fingerprint density at radius 2 is 2.46 bits per heavy atom. The maximum absolute atomic E-state index is 4.30. The van der Waals surface area contributed by atoms with Gasteiger partial charge in [-0.1, -0.05) is 0 Å². The van der Waals surface area contributed by atoms with Gasteiger partial charge in [0.1, 0.15) is 0 Å². The number of hydrogen-bond acceptors (Lipinski definition) is 4. The molecule has 0 aromatic carbocycles. The molecule has 5 nitrogen and oxygen atoms in total. The minimum atomic E-state index is 0.661. The summed E-state index contributed by atoms with van der Waals surface area (Å²) in [6.07, 6.45) is 6.38. The smallest absolute Gasteiger partial charge is 0.253 e. The normalized spacial score (nSPS) is 10.8. The first kappa shape index (κ1) is 8.12. The molecule has 1 N–H and O–H groups in total. The summed E-state index contributed by atoms with van der Waals surface area (Å²) < 4.78 is 1.87. The number of nitrogens with zero attached hydrogens (tertiary/aromatic N) is 4. The summed E-state index contributed by atoms with van der Waals surface area (Å²) in [5.41, 5.74) is 1.04. The van der Waals surface area contributed by atoms with E-state index in [1.54, 1.807) is 6.20 Å². The molecular formula is C8H11N5. The molecule has 5 heteroatoms. The van der Waals surface area contributed by atoms with E-state index < -0.39 is 0 Å². The molecule has 0 aliphatic rings. The van der Waals surface area contributed by atoms with Gasteiger partial charge in [0.05, 0.1) is 11.9 Å². The summed E-state index contributed by atoms with van der Waals surface area (Å²) in [5, 5.41) is 10.7. The highest BCUT2D eigenvalue weighted by atomic mass is 15.2. The molecular weight excluding hydrogens is 166 g/mol. The number of aromatic nitrogens is 4. The molecule has 0 saturated heterocycles. The fourth-order valence-corrected chi connectivity index (χ4v) is 1.18. The van der Waals surface area contributed by atoms with Crippen LogP contribution in [0.4, 0.5) is 0 Å². The summed E-state index contributed by atoms with van der Waals surface area (Å²) in [4.78, 5) is 4.30. The van der Waals surface area contributed by atoms with Crippen molar-refractivity contribution in [1.82, 2.24) is 24.9 Å². The molecule has 2 rings (SSSR count). The van der Waals surface area contributed by atoms with Crippen molar-refractivity contribution in [3.05, 3.63) is 24.3 Å². The van der Waals surface area contributed by atoms with E-state index in [0.717, 1.165) is 18.7 Å². The number of hydrogen-bond donors (Lipinski definition) is 1. The maximum Gasteiger partial charge on any atom is 0.253 e. The monoisotopic (exact) mass is 177 g/mol. The summed E-state index contributed by atoms with van der Waals surface area (Å²) in [6.45, 7) is 0.928. The van der Waals surface area contributed by atoms with Crippen molar-refractivity contribution in [2.75, 3.05) is 13.6 Å². The van der Waals surface area contributed by atoms with E-state index in [9.17, 15) is 0 Å². The lowest BCUT2D eigenvalue weighted by atomic mass is 10.3. The van der Waals surface area contributed by atoms with Crippen LogP contribution in [0.2, 0.25) is 0 Å². The van der Waals surface area contributed by atoms with Crippen LogP contribution in [-0.2, 0) is 6.42 Å². The average molecular weight is 177 g/mol. The van der Waals surface area contributed by atoms with Crippen LogP contribution >= 0.6 is 0 Å². The largest absolute Gasteiger partial charge is 0.319 e. The van der Waals surface area contributed by atoms with Gasteiger partial charge in [-0.05, 0) is 7.05 Å². The van der Waals surface area contributed by atoms with Gasteiger partial charge in [-0.15, -0.1) is 5.10 Å². The molecule has 0 saturated carbocycles. The van der Waals surface area contributed by atoms with Gasteiger partial charge in [0.15, 0.2) is 0 Å². The predicted octanol–water partition coefficient (Wildman–Crippen LogP) is -0.114. The van der Waals surface area contributed by atoms with Crippen LogP contribution in [0.5, 0.6) is 0 Å². The number of nitrogens with one attached hydrogen (secondary N) is 1. The lowest BCUT2D eigenvalue weighted by Crippen LogP contribution is -2.10. The number of imidazole rings is 1. The molecule has 2 heterocycles. The molecule has 0 atom stereocenters. The molecule has 0 spiro atoms. The third-order valence-corrected chi connectivity index (χ3v) is 1.83.